The van der Waals surface area contributed by atoms with Gasteiger partial charge in [-0.1, -0.05) is 20.8 Å². The van der Waals surface area contributed by atoms with E-state index in [4.69, 9.17) is 0 Å². The van der Waals surface area contributed by atoms with Crippen molar-refractivity contribution in [2.45, 2.75) is 65.5 Å². The summed E-state index contributed by atoms with van der Waals surface area (Å²) < 4.78 is 0. The van der Waals surface area contributed by atoms with E-state index in [9.17, 15) is 0 Å². The number of nitrogens with one attached hydrogen (secondary N) is 1. The average molecular weight is 266 g/mol. The average Bonchev–Trinajstić information content (AvgIpc) is 2.85. The highest BCUT2D eigenvalue weighted by Gasteiger charge is 2.22. The molecule has 0 radical (unpaired) electrons. The van der Waals surface area contributed by atoms with Crippen LogP contribution in [0.4, 0.5) is 0 Å². The molecule has 3 heteroatoms. The highest BCUT2D eigenvalue weighted by atomic mass is 32.1. The highest BCUT2D eigenvalue weighted by Crippen LogP contribution is 2.30. The van der Waals surface area contributed by atoms with E-state index in [0.717, 1.165) is 24.8 Å². The number of rotatable bonds is 5. The zero-order chi connectivity index (χ0) is 13.0. The number of hydrogen-bond acceptors (Lipinski definition) is 3. The standard InChI is InChI=1S/C15H26N2S/c1-4-14-9-17-15(18-14)10-16-13-7-5-12(6-8-13)11(2)3/h9,11-13,16H,4-8,10H2,1-3H3. The molecular formula is C15H26N2S. The fourth-order valence-corrected chi connectivity index (χ4v) is 3.63. The molecule has 1 heterocycles. The van der Waals surface area contributed by atoms with Gasteiger partial charge in [-0.05, 0) is 43.9 Å². The lowest BCUT2D eigenvalue weighted by Crippen LogP contribution is -2.33. The smallest absolute Gasteiger partial charge is 0.107 e. The Balaban J connectivity index is 1.72. The van der Waals surface area contributed by atoms with Crippen LogP contribution >= 0.6 is 11.3 Å². The Bertz CT molecular complexity index is 351. The van der Waals surface area contributed by atoms with E-state index in [1.165, 1.54) is 35.6 Å². The molecule has 1 aliphatic rings. The third-order valence-corrected chi connectivity index (χ3v) is 5.35. The Kier molecular flexibility index (Phi) is 5.19. The topological polar surface area (TPSA) is 24.9 Å². The number of hydrogen-bond donors (Lipinski definition) is 1. The minimum absolute atomic E-state index is 0.717. The summed E-state index contributed by atoms with van der Waals surface area (Å²) in [6.45, 7) is 7.88. The fourth-order valence-electron chi connectivity index (χ4n) is 2.81. The zero-order valence-corrected chi connectivity index (χ0v) is 12.7. The van der Waals surface area contributed by atoms with Crippen LogP contribution in [0.25, 0.3) is 0 Å². The number of aryl methyl sites for hydroxylation is 1. The molecule has 18 heavy (non-hydrogen) atoms. The molecule has 0 saturated heterocycles. The lowest BCUT2D eigenvalue weighted by Gasteiger charge is -2.31. The van der Waals surface area contributed by atoms with Crippen molar-refractivity contribution in [1.29, 1.82) is 0 Å². The van der Waals surface area contributed by atoms with Crippen molar-refractivity contribution in [3.8, 4) is 0 Å². The Labute approximate surface area is 115 Å². The molecule has 1 N–H and O–H groups in total. The van der Waals surface area contributed by atoms with Gasteiger partial charge in [-0.25, -0.2) is 4.98 Å². The molecular weight excluding hydrogens is 240 g/mol. The van der Waals surface area contributed by atoms with Crippen molar-refractivity contribution in [2.24, 2.45) is 11.8 Å². The Morgan fingerprint density at radius 1 is 1.33 bits per heavy atom. The molecule has 1 saturated carbocycles. The van der Waals surface area contributed by atoms with Crippen LogP contribution in [0.1, 0.15) is 56.3 Å². The summed E-state index contributed by atoms with van der Waals surface area (Å²) in [7, 11) is 0. The van der Waals surface area contributed by atoms with E-state index < -0.39 is 0 Å². The van der Waals surface area contributed by atoms with Gasteiger partial charge in [0.25, 0.3) is 0 Å². The van der Waals surface area contributed by atoms with Gasteiger partial charge < -0.3 is 5.32 Å². The van der Waals surface area contributed by atoms with Crippen LogP contribution < -0.4 is 5.32 Å². The largest absolute Gasteiger partial charge is 0.308 e. The minimum atomic E-state index is 0.717. The van der Waals surface area contributed by atoms with Crippen LogP contribution in [-0.2, 0) is 13.0 Å². The molecule has 1 aliphatic carbocycles. The van der Waals surface area contributed by atoms with Crippen LogP contribution in [0, 0.1) is 11.8 Å². The molecule has 102 valence electrons. The predicted molar refractivity (Wildman–Crippen MR) is 78.9 cm³/mol. The summed E-state index contributed by atoms with van der Waals surface area (Å²) >= 11 is 1.85. The fraction of sp³-hybridized carbons (Fsp3) is 0.800. The molecule has 1 aromatic heterocycles. The van der Waals surface area contributed by atoms with Gasteiger partial charge in [0.15, 0.2) is 0 Å². The lowest BCUT2D eigenvalue weighted by atomic mass is 9.80. The molecule has 1 aromatic rings. The monoisotopic (exact) mass is 266 g/mol. The maximum absolute atomic E-state index is 4.47. The second kappa shape index (κ2) is 6.67. The predicted octanol–water partition coefficient (Wildman–Crippen LogP) is 4.01. The molecule has 0 spiro atoms. The molecule has 0 unspecified atom stereocenters. The van der Waals surface area contributed by atoms with E-state index in [-0.39, 0.29) is 0 Å². The highest BCUT2D eigenvalue weighted by molar-refractivity contribution is 7.11. The first-order valence-corrected chi connectivity index (χ1v) is 8.17. The Morgan fingerprint density at radius 2 is 2.06 bits per heavy atom. The van der Waals surface area contributed by atoms with E-state index in [1.807, 2.05) is 17.5 Å². The van der Waals surface area contributed by atoms with Crippen molar-refractivity contribution in [1.82, 2.24) is 10.3 Å². The first kappa shape index (κ1) is 14.0. The molecule has 0 atom stereocenters. The van der Waals surface area contributed by atoms with Gasteiger partial charge in [0.1, 0.15) is 5.01 Å². The summed E-state index contributed by atoms with van der Waals surface area (Å²) in [5, 5.41) is 4.93. The van der Waals surface area contributed by atoms with E-state index in [2.05, 4.69) is 31.1 Å². The van der Waals surface area contributed by atoms with Crippen molar-refractivity contribution in [2.75, 3.05) is 0 Å². The van der Waals surface area contributed by atoms with E-state index >= 15 is 0 Å². The Morgan fingerprint density at radius 3 is 2.61 bits per heavy atom. The second-order valence-corrected chi connectivity index (χ2v) is 7.01. The van der Waals surface area contributed by atoms with Crippen LogP contribution in [-0.4, -0.2) is 11.0 Å². The van der Waals surface area contributed by atoms with Gasteiger partial charge in [-0.15, -0.1) is 11.3 Å². The van der Waals surface area contributed by atoms with Crippen LogP contribution in [0.3, 0.4) is 0 Å². The maximum atomic E-state index is 4.47. The molecule has 0 aliphatic heterocycles. The molecule has 2 rings (SSSR count). The lowest BCUT2D eigenvalue weighted by molar-refractivity contribution is 0.238. The van der Waals surface area contributed by atoms with Crippen LogP contribution in [0.5, 0.6) is 0 Å². The minimum Gasteiger partial charge on any atom is -0.308 e. The third kappa shape index (κ3) is 3.79. The normalized spacial score (nSPS) is 24.7. The van der Waals surface area contributed by atoms with Gasteiger partial charge in [0.2, 0.25) is 0 Å². The van der Waals surface area contributed by atoms with Crippen LogP contribution in [0.2, 0.25) is 0 Å². The van der Waals surface area contributed by atoms with Gasteiger partial charge >= 0.3 is 0 Å². The zero-order valence-electron chi connectivity index (χ0n) is 11.9. The molecule has 0 bridgehead atoms. The van der Waals surface area contributed by atoms with Gasteiger partial charge in [-0.3, -0.25) is 0 Å². The summed E-state index contributed by atoms with van der Waals surface area (Å²) in [6, 6.07) is 0.717. The molecule has 0 amide bonds. The molecule has 2 nitrogen and oxygen atoms in total. The third-order valence-electron chi connectivity index (χ3n) is 4.21. The van der Waals surface area contributed by atoms with Gasteiger partial charge in [0, 0.05) is 23.7 Å². The van der Waals surface area contributed by atoms with Gasteiger partial charge in [-0.2, -0.15) is 0 Å². The summed E-state index contributed by atoms with van der Waals surface area (Å²) in [4.78, 5) is 5.87. The maximum Gasteiger partial charge on any atom is 0.107 e. The van der Waals surface area contributed by atoms with E-state index in [0.29, 0.717) is 6.04 Å². The summed E-state index contributed by atoms with van der Waals surface area (Å²) in [5.41, 5.74) is 0. The first-order valence-electron chi connectivity index (χ1n) is 7.36. The van der Waals surface area contributed by atoms with Crippen molar-refractivity contribution < 1.29 is 0 Å². The number of nitrogens with zero attached hydrogens (tertiary/aromatic N) is 1. The summed E-state index contributed by atoms with van der Waals surface area (Å²) in [5.74, 6) is 1.81. The second-order valence-electron chi connectivity index (χ2n) is 5.81. The van der Waals surface area contributed by atoms with Crippen molar-refractivity contribution >= 4 is 11.3 Å². The SMILES string of the molecule is CCc1cnc(CNC2CCC(C(C)C)CC2)s1. The number of aromatic nitrogens is 1. The van der Waals surface area contributed by atoms with Crippen molar-refractivity contribution in [3.63, 3.8) is 0 Å². The first-order chi connectivity index (χ1) is 8.69. The summed E-state index contributed by atoms with van der Waals surface area (Å²) in [6.07, 6.45) is 8.61. The Hall–Kier alpha value is -0.410. The molecule has 1 fully saturated rings. The van der Waals surface area contributed by atoms with E-state index in [1.54, 1.807) is 0 Å². The molecule has 0 aromatic carbocycles. The van der Waals surface area contributed by atoms with Crippen LogP contribution in [0.15, 0.2) is 6.20 Å². The quantitative estimate of drug-likeness (QED) is 0.871. The van der Waals surface area contributed by atoms with Crippen molar-refractivity contribution in [3.05, 3.63) is 16.1 Å². The number of thiazole rings is 1. The van der Waals surface area contributed by atoms with Gasteiger partial charge in [0.05, 0.1) is 0 Å².